The Balaban J connectivity index is 2.63. The molecule has 104 valence electrons. The van der Waals surface area contributed by atoms with E-state index < -0.39 is 11.9 Å². The fourth-order valence-electron chi connectivity index (χ4n) is 1.65. The number of rotatable bonds is 5. The summed E-state index contributed by atoms with van der Waals surface area (Å²) in [5.41, 5.74) is 2.03. The number of carboxylic acid groups (broad SMARTS) is 1. The Hall–Kier alpha value is -1.36. The zero-order valence-electron chi connectivity index (χ0n) is 11.3. The lowest BCUT2D eigenvalue weighted by Crippen LogP contribution is -2.34. The van der Waals surface area contributed by atoms with Gasteiger partial charge in [-0.2, -0.15) is 0 Å². The van der Waals surface area contributed by atoms with Crippen LogP contribution in [-0.2, 0) is 16.0 Å². The first-order chi connectivity index (χ1) is 8.81. The second-order valence-electron chi connectivity index (χ2n) is 4.77. The minimum atomic E-state index is -0.891. The lowest BCUT2D eigenvalue weighted by molar-refractivity contribution is -0.142. The van der Waals surface area contributed by atoms with Gasteiger partial charge in [0.25, 0.3) is 0 Å². The van der Waals surface area contributed by atoms with E-state index in [1.165, 1.54) is 4.90 Å². The maximum absolute atomic E-state index is 12.0. The van der Waals surface area contributed by atoms with Crippen molar-refractivity contribution < 1.29 is 14.7 Å². The number of aryl methyl sites for hydroxylation is 1. The Morgan fingerprint density at radius 2 is 2.05 bits per heavy atom. The van der Waals surface area contributed by atoms with Gasteiger partial charge in [0.1, 0.15) is 0 Å². The Morgan fingerprint density at radius 1 is 1.42 bits per heavy atom. The molecule has 19 heavy (non-hydrogen) atoms. The maximum Gasteiger partial charge on any atom is 0.308 e. The smallest absolute Gasteiger partial charge is 0.308 e. The predicted molar refractivity (Wildman–Crippen MR) is 77.0 cm³/mol. The molecule has 0 heterocycles. The average Bonchev–Trinajstić information content (AvgIpc) is 2.33. The van der Waals surface area contributed by atoms with Crippen LogP contribution >= 0.6 is 15.9 Å². The first kappa shape index (κ1) is 15.7. The van der Waals surface area contributed by atoms with Gasteiger partial charge in [0.15, 0.2) is 0 Å². The van der Waals surface area contributed by atoms with Gasteiger partial charge in [-0.1, -0.05) is 35.0 Å². The van der Waals surface area contributed by atoms with Crippen molar-refractivity contribution >= 4 is 27.8 Å². The third kappa shape index (κ3) is 4.67. The van der Waals surface area contributed by atoms with Crippen LogP contribution in [0, 0.1) is 12.8 Å². The van der Waals surface area contributed by atoms with Crippen molar-refractivity contribution in [2.24, 2.45) is 5.92 Å². The summed E-state index contributed by atoms with van der Waals surface area (Å²) in [6.45, 7) is 3.80. The van der Waals surface area contributed by atoms with E-state index in [9.17, 15) is 9.59 Å². The molecule has 1 N–H and O–H groups in total. The van der Waals surface area contributed by atoms with E-state index in [-0.39, 0.29) is 18.9 Å². The molecule has 0 aromatic heterocycles. The Labute approximate surface area is 121 Å². The molecule has 0 radical (unpaired) electrons. The highest BCUT2D eigenvalue weighted by Gasteiger charge is 2.17. The van der Waals surface area contributed by atoms with Crippen LogP contribution in [0.2, 0.25) is 0 Å². The highest BCUT2D eigenvalue weighted by Crippen LogP contribution is 2.18. The van der Waals surface area contributed by atoms with Crippen LogP contribution in [0.4, 0.5) is 0 Å². The first-order valence-electron chi connectivity index (χ1n) is 6.03. The van der Waals surface area contributed by atoms with Crippen molar-refractivity contribution in [2.45, 2.75) is 20.3 Å². The molecule has 0 aliphatic heterocycles. The van der Waals surface area contributed by atoms with Gasteiger partial charge in [-0.05, 0) is 24.1 Å². The number of carbonyl (C=O) groups is 2. The van der Waals surface area contributed by atoms with Crippen LogP contribution in [0.3, 0.4) is 0 Å². The summed E-state index contributed by atoms with van der Waals surface area (Å²) in [5, 5.41) is 8.83. The molecule has 0 saturated carbocycles. The highest BCUT2D eigenvalue weighted by molar-refractivity contribution is 9.10. The van der Waals surface area contributed by atoms with Gasteiger partial charge in [-0.3, -0.25) is 9.59 Å². The molecule has 0 aliphatic rings. The summed E-state index contributed by atoms with van der Waals surface area (Å²) in [7, 11) is 1.63. The van der Waals surface area contributed by atoms with Crippen molar-refractivity contribution in [3.05, 3.63) is 33.8 Å². The molecule has 0 bridgehead atoms. The third-order valence-corrected chi connectivity index (χ3v) is 3.84. The third-order valence-electron chi connectivity index (χ3n) is 2.99. The number of nitrogens with zero attached hydrogens (tertiary/aromatic N) is 1. The number of carbonyl (C=O) groups excluding carboxylic acids is 1. The molecule has 1 aromatic rings. The number of hydrogen-bond acceptors (Lipinski definition) is 2. The molecule has 1 unspecified atom stereocenters. The molecular weight excluding hydrogens is 310 g/mol. The Kier molecular flexibility index (Phi) is 5.54. The van der Waals surface area contributed by atoms with Crippen molar-refractivity contribution in [1.82, 2.24) is 4.90 Å². The quantitative estimate of drug-likeness (QED) is 0.903. The first-order valence-corrected chi connectivity index (χ1v) is 6.82. The second kappa shape index (κ2) is 6.70. The van der Waals surface area contributed by atoms with Gasteiger partial charge in [0.05, 0.1) is 12.3 Å². The minimum Gasteiger partial charge on any atom is -0.481 e. The topological polar surface area (TPSA) is 57.6 Å². The van der Waals surface area contributed by atoms with E-state index in [1.54, 1.807) is 14.0 Å². The van der Waals surface area contributed by atoms with Crippen LogP contribution in [0.15, 0.2) is 22.7 Å². The summed E-state index contributed by atoms with van der Waals surface area (Å²) in [4.78, 5) is 24.2. The molecule has 4 nitrogen and oxygen atoms in total. The molecule has 1 aromatic carbocycles. The van der Waals surface area contributed by atoms with Gasteiger partial charge in [0.2, 0.25) is 5.91 Å². The van der Waals surface area contributed by atoms with Crippen LogP contribution in [0.1, 0.15) is 18.1 Å². The van der Waals surface area contributed by atoms with Crippen LogP contribution < -0.4 is 0 Å². The molecule has 1 atom stereocenters. The Morgan fingerprint density at radius 3 is 2.58 bits per heavy atom. The summed E-state index contributed by atoms with van der Waals surface area (Å²) >= 11 is 3.43. The number of amides is 1. The molecule has 1 amide bonds. The molecule has 0 fully saturated rings. The molecule has 0 aliphatic carbocycles. The van der Waals surface area contributed by atoms with Gasteiger partial charge in [-0.15, -0.1) is 0 Å². The molecular formula is C14H18BrNO3. The predicted octanol–water partition coefficient (Wildman–Crippen LogP) is 2.48. The van der Waals surface area contributed by atoms with E-state index >= 15 is 0 Å². The van der Waals surface area contributed by atoms with Crippen LogP contribution in [-0.4, -0.2) is 35.5 Å². The average molecular weight is 328 g/mol. The maximum atomic E-state index is 12.0. The van der Waals surface area contributed by atoms with Crippen molar-refractivity contribution in [1.29, 1.82) is 0 Å². The van der Waals surface area contributed by atoms with Gasteiger partial charge in [0, 0.05) is 18.1 Å². The zero-order chi connectivity index (χ0) is 14.6. The molecule has 1 rings (SSSR count). The van der Waals surface area contributed by atoms with Gasteiger partial charge >= 0.3 is 5.97 Å². The largest absolute Gasteiger partial charge is 0.481 e. The molecule has 0 saturated heterocycles. The van der Waals surface area contributed by atoms with Gasteiger partial charge in [-0.25, -0.2) is 0 Å². The fourth-order valence-corrected chi connectivity index (χ4v) is 2.07. The number of halogens is 1. The second-order valence-corrected chi connectivity index (χ2v) is 5.63. The van der Waals surface area contributed by atoms with E-state index in [4.69, 9.17) is 5.11 Å². The monoisotopic (exact) mass is 327 g/mol. The Bertz CT molecular complexity index is 488. The SMILES string of the molecule is Cc1ccc(CC(=O)N(C)CC(C)C(=O)O)cc1Br. The summed E-state index contributed by atoms with van der Waals surface area (Å²) in [6.07, 6.45) is 0.279. The van der Waals surface area contributed by atoms with E-state index in [0.717, 1.165) is 15.6 Å². The standard InChI is InChI=1S/C14H18BrNO3/c1-9-4-5-11(6-12(9)15)7-13(17)16(3)8-10(2)14(18)19/h4-6,10H,7-8H2,1-3H3,(H,18,19). The summed E-state index contributed by atoms with van der Waals surface area (Å²) in [5.74, 6) is -1.53. The fraction of sp³-hybridized carbons (Fsp3) is 0.429. The lowest BCUT2D eigenvalue weighted by Gasteiger charge is -2.19. The van der Waals surface area contributed by atoms with E-state index in [1.807, 2.05) is 25.1 Å². The van der Waals surface area contributed by atoms with Crippen LogP contribution in [0.5, 0.6) is 0 Å². The zero-order valence-corrected chi connectivity index (χ0v) is 12.9. The van der Waals surface area contributed by atoms with Crippen molar-refractivity contribution in [3.63, 3.8) is 0 Å². The normalized spacial score (nSPS) is 12.0. The van der Waals surface area contributed by atoms with Crippen molar-refractivity contribution in [3.8, 4) is 0 Å². The summed E-state index contributed by atoms with van der Waals surface area (Å²) in [6, 6.07) is 5.78. The van der Waals surface area contributed by atoms with Gasteiger partial charge < -0.3 is 10.0 Å². The number of benzene rings is 1. The summed E-state index contributed by atoms with van der Waals surface area (Å²) < 4.78 is 0.972. The molecule has 5 heteroatoms. The highest BCUT2D eigenvalue weighted by atomic mass is 79.9. The number of likely N-dealkylation sites (N-methyl/N-ethyl adjacent to an activating group) is 1. The number of hydrogen-bond donors (Lipinski definition) is 1. The van der Waals surface area contributed by atoms with Crippen molar-refractivity contribution in [2.75, 3.05) is 13.6 Å². The molecule has 0 spiro atoms. The minimum absolute atomic E-state index is 0.0798. The van der Waals surface area contributed by atoms with Crippen LogP contribution in [0.25, 0.3) is 0 Å². The number of aliphatic carboxylic acids is 1. The lowest BCUT2D eigenvalue weighted by atomic mass is 10.1. The van der Waals surface area contributed by atoms with E-state index in [2.05, 4.69) is 15.9 Å². The number of carboxylic acids is 1. The van der Waals surface area contributed by atoms with E-state index in [0.29, 0.717) is 0 Å².